The van der Waals surface area contributed by atoms with E-state index in [0.717, 1.165) is 4.47 Å². The molecule has 0 aliphatic heterocycles. The number of anilines is 2. The van der Waals surface area contributed by atoms with Gasteiger partial charge in [-0.1, -0.05) is 15.9 Å². The molecule has 17 heavy (non-hydrogen) atoms. The minimum Gasteiger partial charge on any atom is -0.464 e. The van der Waals surface area contributed by atoms with Crippen molar-refractivity contribution in [3.05, 3.63) is 28.9 Å². The van der Waals surface area contributed by atoms with Gasteiger partial charge in [0.05, 0.1) is 23.1 Å². The number of nitrogen functional groups attached to an aromatic ring is 1. The van der Waals surface area contributed by atoms with Crippen LogP contribution in [-0.4, -0.2) is 16.2 Å². The molecule has 88 valence electrons. The summed E-state index contributed by atoms with van der Waals surface area (Å²) >= 11 is 3.31. The summed E-state index contributed by atoms with van der Waals surface area (Å²) in [4.78, 5) is 15.0. The Kier molecular flexibility index (Phi) is 2.86. The van der Waals surface area contributed by atoms with E-state index in [-0.39, 0.29) is 11.4 Å². The summed E-state index contributed by atoms with van der Waals surface area (Å²) in [5, 5.41) is 10.1. The number of nitrogens with two attached hydrogens (primary N) is 2. The average molecular weight is 297 g/mol. The number of carboxylic acid groups (broad SMARTS) is 1. The first-order valence-corrected chi connectivity index (χ1v) is 5.41. The molecule has 2 aromatic rings. The molecule has 1 heterocycles. The number of hydrazine groups is 1. The van der Waals surface area contributed by atoms with Crippen molar-refractivity contribution in [3.63, 3.8) is 0 Å². The van der Waals surface area contributed by atoms with Gasteiger partial charge in [0.15, 0.2) is 0 Å². The zero-order valence-corrected chi connectivity index (χ0v) is 10.2. The van der Waals surface area contributed by atoms with Crippen molar-refractivity contribution in [2.24, 2.45) is 5.84 Å². The molecule has 1 amide bonds. The summed E-state index contributed by atoms with van der Waals surface area (Å²) in [6.07, 6.45) is 0.0968. The molecular weight excluding hydrogens is 288 g/mol. The third-order valence-corrected chi connectivity index (χ3v) is 2.77. The van der Waals surface area contributed by atoms with Crippen LogP contribution in [0.1, 0.15) is 0 Å². The Morgan fingerprint density at radius 2 is 2.18 bits per heavy atom. The van der Waals surface area contributed by atoms with Gasteiger partial charge in [-0.3, -0.25) is 4.98 Å². The molecule has 0 radical (unpaired) electrons. The number of carbonyl (C=O) groups is 1. The van der Waals surface area contributed by atoms with E-state index in [0.29, 0.717) is 15.9 Å². The first kappa shape index (κ1) is 11.6. The van der Waals surface area contributed by atoms with E-state index in [9.17, 15) is 4.79 Å². The van der Waals surface area contributed by atoms with Gasteiger partial charge < -0.3 is 10.8 Å². The van der Waals surface area contributed by atoms with Crippen LogP contribution in [0.25, 0.3) is 10.9 Å². The standard InChI is InChI=1S/C10H9BrN4O2/c11-5-1-2-6-8(3-5)14-4-7(12)9(6)15(13)10(16)17/h1-4H,12-13H2,(H,16,17). The van der Waals surface area contributed by atoms with E-state index in [4.69, 9.17) is 16.7 Å². The fraction of sp³-hybridized carbons (Fsp3) is 0. The van der Waals surface area contributed by atoms with Crippen molar-refractivity contribution in [1.82, 2.24) is 4.98 Å². The van der Waals surface area contributed by atoms with Crippen molar-refractivity contribution in [2.75, 3.05) is 10.7 Å². The van der Waals surface area contributed by atoms with Gasteiger partial charge in [0.2, 0.25) is 0 Å². The SMILES string of the molecule is Nc1cnc2cc(Br)ccc2c1N(N)C(=O)O. The van der Waals surface area contributed by atoms with E-state index in [1.54, 1.807) is 18.2 Å². The molecule has 0 bridgehead atoms. The van der Waals surface area contributed by atoms with Crippen LogP contribution in [0, 0.1) is 0 Å². The van der Waals surface area contributed by atoms with E-state index in [1.807, 2.05) is 0 Å². The van der Waals surface area contributed by atoms with Crippen LogP contribution in [0.3, 0.4) is 0 Å². The van der Waals surface area contributed by atoms with Crippen LogP contribution in [-0.2, 0) is 0 Å². The summed E-state index contributed by atoms with van der Waals surface area (Å²) < 4.78 is 0.840. The lowest BCUT2D eigenvalue weighted by atomic mass is 10.1. The first-order valence-electron chi connectivity index (χ1n) is 4.62. The Morgan fingerprint density at radius 3 is 2.82 bits per heavy atom. The Hall–Kier alpha value is -1.86. The monoisotopic (exact) mass is 296 g/mol. The Morgan fingerprint density at radius 1 is 1.47 bits per heavy atom. The zero-order chi connectivity index (χ0) is 12.6. The van der Waals surface area contributed by atoms with E-state index in [1.165, 1.54) is 6.20 Å². The average Bonchev–Trinajstić information content (AvgIpc) is 2.28. The van der Waals surface area contributed by atoms with Crippen molar-refractivity contribution in [2.45, 2.75) is 0 Å². The molecule has 0 fully saturated rings. The predicted molar refractivity (Wildman–Crippen MR) is 68.5 cm³/mol. The molecule has 5 N–H and O–H groups in total. The third kappa shape index (κ3) is 2.02. The number of rotatable bonds is 1. The van der Waals surface area contributed by atoms with Crippen LogP contribution in [0.4, 0.5) is 16.2 Å². The van der Waals surface area contributed by atoms with Gasteiger partial charge in [0.25, 0.3) is 0 Å². The second-order valence-electron chi connectivity index (χ2n) is 3.38. The number of aromatic nitrogens is 1. The van der Waals surface area contributed by atoms with Crippen LogP contribution in [0.2, 0.25) is 0 Å². The lowest BCUT2D eigenvalue weighted by molar-refractivity contribution is 0.202. The van der Waals surface area contributed by atoms with E-state index in [2.05, 4.69) is 20.9 Å². The maximum absolute atomic E-state index is 10.9. The lowest BCUT2D eigenvalue weighted by Crippen LogP contribution is -2.36. The summed E-state index contributed by atoms with van der Waals surface area (Å²) in [6, 6.07) is 5.23. The summed E-state index contributed by atoms with van der Waals surface area (Å²) in [7, 11) is 0. The molecule has 0 atom stereocenters. The normalized spacial score (nSPS) is 10.5. The molecule has 0 saturated heterocycles. The minimum absolute atomic E-state index is 0.213. The van der Waals surface area contributed by atoms with Crippen molar-refractivity contribution in [3.8, 4) is 0 Å². The number of nitrogens with zero attached hydrogens (tertiary/aromatic N) is 2. The summed E-state index contributed by atoms with van der Waals surface area (Å²) in [5.74, 6) is 5.46. The predicted octanol–water partition coefficient (Wildman–Crippen LogP) is 1.94. The molecule has 0 unspecified atom stereocenters. The molecule has 1 aromatic heterocycles. The smallest absolute Gasteiger partial charge is 0.426 e. The largest absolute Gasteiger partial charge is 0.464 e. The van der Waals surface area contributed by atoms with E-state index < -0.39 is 6.09 Å². The molecule has 1 aromatic carbocycles. The highest BCUT2D eigenvalue weighted by molar-refractivity contribution is 9.10. The Balaban J connectivity index is 2.76. The summed E-state index contributed by atoms with van der Waals surface area (Å²) in [5.41, 5.74) is 6.76. The molecule has 0 saturated carbocycles. The van der Waals surface area contributed by atoms with Gasteiger partial charge in [0.1, 0.15) is 0 Å². The molecule has 0 aliphatic rings. The van der Waals surface area contributed by atoms with Crippen molar-refractivity contribution < 1.29 is 9.90 Å². The van der Waals surface area contributed by atoms with Gasteiger partial charge in [-0.2, -0.15) is 0 Å². The second kappa shape index (κ2) is 4.19. The highest BCUT2D eigenvalue weighted by atomic mass is 79.9. The van der Waals surface area contributed by atoms with Gasteiger partial charge in [-0.15, -0.1) is 0 Å². The number of hydrogen-bond acceptors (Lipinski definition) is 4. The fourth-order valence-corrected chi connectivity index (χ4v) is 1.88. The maximum Gasteiger partial charge on any atom is 0.426 e. The highest BCUT2D eigenvalue weighted by Gasteiger charge is 2.16. The minimum atomic E-state index is -1.29. The number of halogens is 1. The first-order chi connectivity index (χ1) is 8.00. The van der Waals surface area contributed by atoms with Gasteiger partial charge in [-0.25, -0.2) is 15.6 Å². The van der Waals surface area contributed by atoms with Crippen molar-refractivity contribution in [1.29, 1.82) is 0 Å². The molecular formula is C10H9BrN4O2. The maximum atomic E-state index is 10.9. The van der Waals surface area contributed by atoms with E-state index >= 15 is 0 Å². The Bertz CT molecular complexity index is 602. The number of benzene rings is 1. The number of hydrogen-bond donors (Lipinski definition) is 3. The molecule has 6 nitrogen and oxygen atoms in total. The summed E-state index contributed by atoms with van der Waals surface area (Å²) in [6.45, 7) is 0. The van der Waals surface area contributed by atoms with Gasteiger partial charge >= 0.3 is 6.09 Å². The molecule has 0 aliphatic carbocycles. The quantitative estimate of drug-likeness (QED) is 0.424. The van der Waals surface area contributed by atoms with Crippen LogP contribution in [0.5, 0.6) is 0 Å². The molecule has 7 heteroatoms. The topological polar surface area (TPSA) is 105 Å². The van der Waals surface area contributed by atoms with Gasteiger partial charge in [0, 0.05) is 9.86 Å². The molecule has 0 spiro atoms. The highest BCUT2D eigenvalue weighted by Crippen LogP contribution is 2.31. The molecule has 2 rings (SSSR count). The number of pyridine rings is 1. The lowest BCUT2D eigenvalue weighted by Gasteiger charge is -2.16. The van der Waals surface area contributed by atoms with Gasteiger partial charge in [-0.05, 0) is 18.2 Å². The Labute approximate surface area is 105 Å². The zero-order valence-electron chi connectivity index (χ0n) is 8.59. The second-order valence-corrected chi connectivity index (χ2v) is 4.29. The van der Waals surface area contributed by atoms with Crippen molar-refractivity contribution >= 4 is 44.3 Å². The van der Waals surface area contributed by atoms with Crippen LogP contribution in [0.15, 0.2) is 28.9 Å². The number of amides is 1. The van der Waals surface area contributed by atoms with Crippen LogP contribution >= 0.6 is 15.9 Å². The third-order valence-electron chi connectivity index (χ3n) is 2.28. The fourth-order valence-electron chi connectivity index (χ4n) is 1.53. The number of fused-ring (bicyclic) bond motifs is 1. The van der Waals surface area contributed by atoms with Crippen LogP contribution < -0.4 is 16.6 Å².